The van der Waals surface area contributed by atoms with Crippen LogP contribution in [0.5, 0.6) is 0 Å². The molecule has 6 nitrogen and oxygen atoms in total. The van der Waals surface area contributed by atoms with Crippen molar-refractivity contribution in [2.45, 2.75) is 47.1 Å². The number of likely N-dealkylation sites (N-methyl/N-ethyl adjacent to an activating group) is 1. The number of hydrogen-bond donors (Lipinski definition) is 0. The van der Waals surface area contributed by atoms with E-state index in [4.69, 9.17) is 4.98 Å². The first-order valence-electron chi connectivity index (χ1n) is 8.82. The summed E-state index contributed by atoms with van der Waals surface area (Å²) in [6, 6.07) is 4.99. The van der Waals surface area contributed by atoms with Crippen LogP contribution in [0.1, 0.15) is 39.9 Å². The fraction of sp³-hybridized carbons (Fsp3) is 0.611. The number of non-ortho nitro benzene ring substituents is 1. The lowest BCUT2D eigenvalue weighted by atomic mass is 10.1. The van der Waals surface area contributed by atoms with Gasteiger partial charge in [-0.25, -0.2) is 4.98 Å². The monoisotopic (exact) mass is 332 g/mol. The van der Waals surface area contributed by atoms with E-state index < -0.39 is 0 Å². The fourth-order valence-electron chi connectivity index (χ4n) is 2.92. The molecule has 24 heavy (non-hydrogen) atoms. The van der Waals surface area contributed by atoms with E-state index in [1.165, 1.54) is 0 Å². The van der Waals surface area contributed by atoms with Crippen molar-refractivity contribution in [3.05, 3.63) is 34.1 Å². The van der Waals surface area contributed by atoms with Gasteiger partial charge in [-0.05, 0) is 31.5 Å². The summed E-state index contributed by atoms with van der Waals surface area (Å²) in [5, 5.41) is 11.0. The molecular weight excluding hydrogens is 304 g/mol. The molecule has 0 fully saturated rings. The molecule has 0 aliphatic heterocycles. The fourth-order valence-corrected chi connectivity index (χ4v) is 2.92. The molecule has 0 aliphatic carbocycles. The molecule has 1 aromatic heterocycles. The highest BCUT2D eigenvalue weighted by molar-refractivity contribution is 5.78. The molecule has 2 rings (SSSR count). The predicted octanol–water partition coefficient (Wildman–Crippen LogP) is 3.87. The molecule has 1 heterocycles. The first-order valence-corrected chi connectivity index (χ1v) is 8.82. The zero-order valence-electron chi connectivity index (χ0n) is 15.2. The molecule has 0 unspecified atom stereocenters. The van der Waals surface area contributed by atoms with E-state index in [1.54, 1.807) is 12.1 Å². The Morgan fingerprint density at radius 2 is 2.00 bits per heavy atom. The van der Waals surface area contributed by atoms with Gasteiger partial charge in [0.1, 0.15) is 5.82 Å². The van der Waals surface area contributed by atoms with Gasteiger partial charge in [-0.15, -0.1) is 0 Å². The molecule has 132 valence electrons. The van der Waals surface area contributed by atoms with Crippen molar-refractivity contribution < 1.29 is 4.92 Å². The Kier molecular flexibility index (Phi) is 6.31. The minimum atomic E-state index is -0.359. The number of aromatic nitrogens is 2. The standard InChI is InChI=1S/C18H28N4O2/c1-5-20(6-2)11-12-21-17-9-8-15(22(23)24)13-16(17)19-18(21)10-7-14(3)4/h8-9,13-14H,5-7,10-12H2,1-4H3. The Morgan fingerprint density at radius 3 is 2.58 bits per heavy atom. The van der Waals surface area contributed by atoms with Gasteiger partial charge in [0.05, 0.1) is 16.0 Å². The summed E-state index contributed by atoms with van der Waals surface area (Å²) < 4.78 is 2.24. The molecule has 0 saturated heterocycles. The maximum absolute atomic E-state index is 11.0. The van der Waals surface area contributed by atoms with Crippen molar-refractivity contribution in [2.24, 2.45) is 5.92 Å². The third-order valence-electron chi connectivity index (χ3n) is 4.50. The number of fused-ring (bicyclic) bond motifs is 1. The van der Waals surface area contributed by atoms with Crippen LogP contribution in [0.3, 0.4) is 0 Å². The van der Waals surface area contributed by atoms with Gasteiger partial charge in [-0.2, -0.15) is 0 Å². The van der Waals surface area contributed by atoms with Crippen LogP contribution in [-0.2, 0) is 13.0 Å². The molecule has 0 saturated carbocycles. The Morgan fingerprint density at radius 1 is 1.29 bits per heavy atom. The third-order valence-corrected chi connectivity index (χ3v) is 4.50. The zero-order valence-corrected chi connectivity index (χ0v) is 15.2. The SMILES string of the molecule is CCN(CC)CCn1c(CCC(C)C)nc2cc([N+](=O)[O-])ccc21. The Hall–Kier alpha value is -1.95. The minimum Gasteiger partial charge on any atom is -0.327 e. The van der Waals surface area contributed by atoms with Crippen molar-refractivity contribution in [3.8, 4) is 0 Å². The molecule has 6 heteroatoms. The number of benzene rings is 1. The van der Waals surface area contributed by atoms with E-state index in [0.29, 0.717) is 5.92 Å². The Balaban J connectivity index is 2.35. The van der Waals surface area contributed by atoms with E-state index in [9.17, 15) is 10.1 Å². The van der Waals surface area contributed by atoms with Crippen LogP contribution in [0.15, 0.2) is 18.2 Å². The number of imidazole rings is 1. The van der Waals surface area contributed by atoms with E-state index in [0.717, 1.165) is 55.9 Å². The summed E-state index contributed by atoms with van der Waals surface area (Å²) in [4.78, 5) is 17.7. The predicted molar refractivity (Wildman–Crippen MR) is 97.3 cm³/mol. The largest absolute Gasteiger partial charge is 0.327 e. The lowest BCUT2D eigenvalue weighted by Gasteiger charge is -2.19. The normalized spacial score (nSPS) is 11.8. The van der Waals surface area contributed by atoms with Crippen molar-refractivity contribution >= 4 is 16.7 Å². The van der Waals surface area contributed by atoms with Gasteiger partial charge in [0.25, 0.3) is 5.69 Å². The molecule has 0 bridgehead atoms. The highest BCUT2D eigenvalue weighted by atomic mass is 16.6. The van der Waals surface area contributed by atoms with Crippen molar-refractivity contribution in [1.29, 1.82) is 0 Å². The van der Waals surface area contributed by atoms with Gasteiger partial charge in [-0.3, -0.25) is 10.1 Å². The number of aryl methyl sites for hydroxylation is 1. The molecule has 0 amide bonds. The van der Waals surface area contributed by atoms with Gasteiger partial charge in [0.2, 0.25) is 0 Å². The van der Waals surface area contributed by atoms with Gasteiger partial charge in [-0.1, -0.05) is 27.7 Å². The van der Waals surface area contributed by atoms with Crippen LogP contribution < -0.4 is 0 Å². The number of nitro groups is 1. The second kappa shape index (κ2) is 8.24. The number of rotatable bonds is 9. The molecule has 0 atom stereocenters. The maximum atomic E-state index is 11.0. The molecule has 0 radical (unpaired) electrons. The summed E-state index contributed by atoms with van der Waals surface area (Å²) in [6.45, 7) is 12.6. The van der Waals surface area contributed by atoms with Gasteiger partial charge in [0, 0.05) is 31.6 Å². The van der Waals surface area contributed by atoms with E-state index in [-0.39, 0.29) is 10.6 Å². The second-order valence-corrected chi connectivity index (χ2v) is 6.57. The maximum Gasteiger partial charge on any atom is 0.271 e. The van der Waals surface area contributed by atoms with Crippen molar-refractivity contribution in [2.75, 3.05) is 19.6 Å². The molecular formula is C18H28N4O2. The van der Waals surface area contributed by atoms with E-state index in [2.05, 4.69) is 37.2 Å². The highest BCUT2D eigenvalue weighted by Crippen LogP contribution is 2.23. The van der Waals surface area contributed by atoms with Crippen LogP contribution in [0.25, 0.3) is 11.0 Å². The average Bonchev–Trinajstić information content (AvgIpc) is 2.90. The smallest absolute Gasteiger partial charge is 0.271 e. The number of hydrogen-bond acceptors (Lipinski definition) is 4. The zero-order chi connectivity index (χ0) is 17.7. The first-order chi connectivity index (χ1) is 11.5. The summed E-state index contributed by atoms with van der Waals surface area (Å²) in [5.74, 6) is 1.64. The Bertz CT molecular complexity index is 690. The van der Waals surface area contributed by atoms with Gasteiger partial charge >= 0.3 is 0 Å². The van der Waals surface area contributed by atoms with Crippen molar-refractivity contribution in [1.82, 2.24) is 14.5 Å². The first kappa shape index (κ1) is 18.4. The summed E-state index contributed by atoms with van der Waals surface area (Å²) in [6.07, 6.45) is 1.97. The second-order valence-electron chi connectivity index (χ2n) is 6.57. The molecule has 0 aliphatic rings. The summed E-state index contributed by atoms with van der Waals surface area (Å²) in [7, 11) is 0. The van der Waals surface area contributed by atoms with Crippen LogP contribution >= 0.6 is 0 Å². The third kappa shape index (κ3) is 4.32. The molecule has 2 aromatic rings. The number of nitro benzene ring substituents is 1. The van der Waals surface area contributed by atoms with E-state index >= 15 is 0 Å². The topological polar surface area (TPSA) is 64.2 Å². The van der Waals surface area contributed by atoms with Crippen LogP contribution in [0.2, 0.25) is 0 Å². The minimum absolute atomic E-state index is 0.103. The van der Waals surface area contributed by atoms with Crippen LogP contribution in [0, 0.1) is 16.0 Å². The molecule has 1 aromatic carbocycles. The lowest BCUT2D eigenvalue weighted by molar-refractivity contribution is -0.384. The number of nitrogens with zero attached hydrogens (tertiary/aromatic N) is 4. The highest BCUT2D eigenvalue weighted by Gasteiger charge is 2.15. The van der Waals surface area contributed by atoms with Crippen LogP contribution in [-0.4, -0.2) is 39.0 Å². The van der Waals surface area contributed by atoms with Gasteiger partial charge in [0.15, 0.2) is 0 Å². The quantitative estimate of drug-likeness (QED) is 0.516. The van der Waals surface area contributed by atoms with Crippen molar-refractivity contribution in [3.63, 3.8) is 0 Å². The molecule has 0 spiro atoms. The summed E-state index contributed by atoms with van der Waals surface area (Å²) >= 11 is 0. The molecule has 0 N–H and O–H groups in total. The summed E-state index contributed by atoms with van der Waals surface area (Å²) in [5.41, 5.74) is 1.82. The van der Waals surface area contributed by atoms with Gasteiger partial charge < -0.3 is 9.47 Å². The van der Waals surface area contributed by atoms with E-state index in [1.807, 2.05) is 6.07 Å². The average molecular weight is 332 g/mol. The lowest BCUT2D eigenvalue weighted by Crippen LogP contribution is -2.27. The Labute approximate surface area is 143 Å². The van der Waals surface area contributed by atoms with Crippen LogP contribution in [0.4, 0.5) is 5.69 Å².